The Morgan fingerprint density at radius 2 is 1.92 bits per heavy atom. The van der Waals surface area contributed by atoms with Crippen molar-refractivity contribution in [2.75, 3.05) is 6.54 Å². The Balaban J connectivity index is 2.35. The van der Waals surface area contributed by atoms with Gasteiger partial charge in [0.2, 0.25) is 0 Å². The van der Waals surface area contributed by atoms with Crippen LogP contribution >= 0.6 is 11.6 Å². The highest BCUT2D eigenvalue weighted by molar-refractivity contribution is 6.31. The number of amides is 1. The average molecular weight is 377 g/mol. The number of rotatable bonds is 7. The van der Waals surface area contributed by atoms with Gasteiger partial charge in [-0.15, -0.1) is 0 Å². The molecule has 0 radical (unpaired) electrons. The van der Waals surface area contributed by atoms with E-state index in [1.165, 1.54) is 27.8 Å². The molecule has 0 aliphatic carbocycles. The van der Waals surface area contributed by atoms with Crippen LogP contribution in [0.3, 0.4) is 0 Å². The van der Waals surface area contributed by atoms with Gasteiger partial charge in [0.25, 0.3) is 11.5 Å². The molecule has 6 nitrogen and oxygen atoms in total. The molecule has 0 aliphatic heterocycles. The SMILES string of the molecule is CCC(C)N(CC(=O)O)C(=O)c1ccc(=O)n(Cc2ccccc2Cl)c1. The van der Waals surface area contributed by atoms with Crippen LogP contribution in [0.4, 0.5) is 0 Å². The number of pyridine rings is 1. The number of hydrogen-bond donors (Lipinski definition) is 1. The van der Waals surface area contributed by atoms with Crippen molar-refractivity contribution >= 4 is 23.5 Å². The number of halogens is 1. The van der Waals surface area contributed by atoms with Gasteiger partial charge in [-0.25, -0.2) is 0 Å². The van der Waals surface area contributed by atoms with Crippen molar-refractivity contribution in [1.82, 2.24) is 9.47 Å². The molecule has 0 saturated heterocycles. The molecule has 26 heavy (non-hydrogen) atoms. The zero-order valence-electron chi connectivity index (χ0n) is 14.7. The first-order valence-electron chi connectivity index (χ1n) is 8.30. The quantitative estimate of drug-likeness (QED) is 0.805. The normalized spacial score (nSPS) is 11.8. The van der Waals surface area contributed by atoms with Crippen LogP contribution in [-0.2, 0) is 11.3 Å². The molecule has 2 rings (SSSR count). The molecule has 7 heteroatoms. The summed E-state index contributed by atoms with van der Waals surface area (Å²) in [5.74, 6) is -1.50. The first-order valence-corrected chi connectivity index (χ1v) is 8.68. The van der Waals surface area contributed by atoms with Gasteiger partial charge in [-0.3, -0.25) is 14.4 Å². The summed E-state index contributed by atoms with van der Waals surface area (Å²) >= 11 is 6.14. The van der Waals surface area contributed by atoms with Crippen LogP contribution in [0, 0.1) is 0 Å². The number of aliphatic carboxylic acids is 1. The molecule has 1 amide bonds. The van der Waals surface area contributed by atoms with E-state index in [0.717, 1.165) is 5.56 Å². The van der Waals surface area contributed by atoms with Gasteiger partial charge in [0.05, 0.1) is 12.1 Å². The monoisotopic (exact) mass is 376 g/mol. The van der Waals surface area contributed by atoms with Gasteiger partial charge < -0.3 is 14.6 Å². The highest BCUT2D eigenvalue weighted by Gasteiger charge is 2.23. The molecule has 1 N–H and O–H groups in total. The summed E-state index contributed by atoms with van der Waals surface area (Å²) < 4.78 is 1.39. The number of carboxylic acids is 1. The van der Waals surface area contributed by atoms with Crippen molar-refractivity contribution in [3.63, 3.8) is 0 Å². The van der Waals surface area contributed by atoms with Crippen LogP contribution < -0.4 is 5.56 Å². The van der Waals surface area contributed by atoms with Crippen LogP contribution in [0.1, 0.15) is 36.2 Å². The summed E-state index contributed by atoms with van der Waals surface area (Å²) in [5.41, 5.74) is 0.748. The molecule has 0 bridgehead atoms. The maximum absolute atomic E-state index is 12.8. The number of benzene rings is 1. The van der Waals surface area contributed by atoms with Gasteiger partial charge >= 0.3 is 5.97 Å². The maximum Gasteiger partial charge on any atom is 0.323 e. The minimum Gasteiger partial charge on any atom is -0.480 e. The van der Waals surface area contributed by atoms with E-state index >= 15 is 0 Å². The molecule has 0 spiro atoms. The first kappa shape index (κ1) is 19.7. The smallest absolute Gasteiger partial charge is 0.323 e. The maximum atomic E-state index is 12.8. The average Bonchev–Trinajstić information content (AvgIpc) is 2.62. The topological polar surface area (TPSA) is 79.6 Å². The van der Waals surface area contributed by atoms with Crippen molar-refractivity contribution in [3.8, 4) is 0 Å². The lowest BCUT2D eigenvalue weighted by Crippen LogP contribution is -2.42. The van der Waals surface area contributed by atoms with Crippen molar-refractivity contribution in [2.24, 2.45) is 0 Å². The number of hydrogen-bond acceptors (Lipinski definition) is 3. The van der Waals surface area contributed by atoms with E-state index in [2.05, 4.69) is 0 Å². The third-order valence-corrected chi connectivity index (χ3v) is 4.59. The molecule has 0 fully saturated rings. The lowest BCUT2D eigenvalue weighted by molar-refractivity contribution is -0.138. The molecule has 1 atom stereocenters. The minimum absolute atomic E-state index is 0.224. The molecular weight excluding hydrogens is 356 g/mol. The fraction of sp³-hybridized carbons (Fsp3) is 0.316. The summed E-state index contributed by atoms with van der Waals surface area (Å²) in [7, 11) is 0. The molecule has 0 saturated carbocycles. The minimum atomic E-state index is -1.08. The first-order chi connectivity index (χ1) is 12.3. The number of nitrogens with zero attached hydrogens (tertiary/aromatic N) is 2. The van der Waals surface area contributed by atoms with Crippen LogP contribution in [0.2, 0.25) is 5.02 Å². The van der Waals surface area contributed by atoms with Gasteiger partial charge in [-0.2, -0.15) is 0 Å². The Labute approximate surface area is 156 Å². The Morgan fingerprint density at radius 3 is 2.54 bits per heavy atom. The highest BCUT2D eigenvalue weighted by atomic mass is 35.5. The van der Waals surface area contributed by atoms with Crippen molar-refractivity contribution in [2.45, 2.75) is 32.9 Å². The van der Waals surface area contributed by atoms with Gasteiger partial charge in [0, 0.05) is 23.3 Å². The van der Waals surface area contributed by atoms with E-state index < -0.39 is 18.4 Å². The summed E-state index contributed by atoms with van der Waals surface area (Å²) in [4.78, 5) is 37.3. The van der Waals surface area contributed by atoms with E-state index in [4.69, 9.17) is 16.7 Å². The Kier molecular flexibility index (Phi) is 6.58. The summed E-state index contributed by atoms with van der Waals surface area (Å²) in [6, 6.07) is 9.64. The lowest BCUT2D eigenvalue weighted by atomic mass is 10.1. The van der Waals surface area contributed by atoms with Gasteiger partial charge in [-0.1, -0.05) is 36.7 Å². The van der Waals surface area contributed by atoms with Crippen LogP contribution in [0.5, 0.6) is 0 Å². The predicted octanol–water partition coefficient (Wildman–Crippen LogP) is 2.88. The second-order valence-electron chi connectivity index (χ2n) is 6.06. The zero-order valence-corrected chi connectivity index (χ0v) is 15.4. The van der Waals surface area contributed by atoms with E-state index in [-0.39, 0.29) is 23.7 Å². The predicted molar refractivity (Wildman–Crippen MR) is 99.7 cm³/mol. The van der Waals surface area contributed by atoms with E-state index in [0.29, 0.717) is 11.4 Å². The second-order valence-corrected chi connectivity index (χ2v) is 6.47. The van der Waals surface area contributed by atoms with Crippen molar-refractivity contribution < 1.29 is 14.7 Å². The largest absolute Gasteiger partial charge is 0.480 e. The number of aromatic nitrogens is 1. The van der Waals surface area contributed by atoms with E-state index in [1.807, 2.05) is 13.0 Å². The third kappa shape index (κ3) is 4.73. The molecule has 1 unspecified atom stereocenters. The summed E-state index contributed by atoms with van der Waals surface area (Å²) in [6.45, 7) is 3.51. The summed E-state index contributed by atoms with van der Waals surface area (Å²) in [6.07, 6.45) is 2.07. The van der Waals surface area contributed by atoms with Crippen LogP contribution in [0.15, 0.2) is 47.4 Å². The molecule has 1 heterocycles. The molecular formula is C19H21ClN2O4. The number of carbonyl (C=O) groups excluding carboxylic acids is 1. The van der Waals surface area contributed by atoms with Gasteiger partial charge in [0.15, 0.2) is 0 Å². The molecule has 138 valence electrons. The van der Waals surface area contributed by atoms with Gasteiger partial charge in [0.1, 0.15) is 6.54 Å². The Morgan fingerprint density at radius 1 is 1.23 bits per heavy atom. The number of carboxylic acid groups (broad SMARTS) is 1. The second kappa shape index (κ2) is 8.67. The highest BCUT2D eigenvalue weighted by Crippen LogP contribution is 2.16. The fourth-order valence-corrected chi connectivity index (χ4v) is 2.75. The Hall–Kier alpha value is -2.60. The Bertz CT molecular complexity index is 863. The molecule has 1 aromatic carbocycles. The molecule has 1 aromatic heterocycles. The molecule has 2 aromatic rings. The standard InChI is InChI=1S/C19H21ClN2O4/c1-3-13(2)22(12-18(24)25)19(26)15-8-9-17(23)21(11-15)10-14-6-4-5-7-16(14)20/h4-9,11,13H,3,10,12H2,1-2H3,(H,24,25). The van der Waals surface area contributed by atoms with Crippen molar-refractivity contribution in [3.05, 3.63) is 69.1 Å². The number of carbonyl (C=O) groups is 2. The van der Waals surface area contributed by atoms with Gasteiger partial charge in [-0.05, 0) is 31.0 Å². The van der Waals surface area contributed by atoms with Crippen LogP contribution in [0.25, 0.3) is 0 Å². The molecule has 0 aliphatic rings. The van der Waals surface area contributed by atoms with E-state index in [9.17, 15) is 14.4 Å². The summed E-state index contributed by atoms with van der Waals surface area (Å²) in [5, 5.41) is 9.62. The zero-order chi connectivity index (χ0) is 19.3. The fourth-order valence-electron chi connectivity index (χ4n) is 2.55. The van der Waals surface area contributed by atoms with E-state index in [1.54, 1.807) is 25.1 Å². The van der Waals surface area contributed by atoms with Crippen molar-refractivity contribution in [1.29, 1.82) is 0 Å². The third-order valence-electron chi connectivity index (χ3n) is 4.22. The lowest BCUT2D eigenvalue weighted by Gasteiger charge is -2.27. The van der Waals surface area contributed by atoms with Crippen LogP contribution in [-0.4, -0.2) is 39.0 Å².